The largest absolute Gasteiger partial charge is 0.264 e. The lowest BCUT2D eigenvalue weighted by Gasteiger charge is -2.01. The van der Waals surface area contributed by atoms with Crippen LogP contribution in [0.3, 0.4) is 0 Å². The van der Waals surface area contributed by atoms with Crippen LogP contribution in [0.15, 0.2) is 36.7 Å². The van der Waals surface area contributed by atoms with E-state index in [4.69, 9.17) is 0 Å². The first-order valence-corrected chi connectivity index (χ1v) is 3.89. The summed E-state index contributed by atoms with van der Waals surface area (Å²) in [7, 11) is 0. The molecule has 66 valence electrons. The molecule has 0 unspecified atom stereocenters. The van der Waals surface area contributed by atoms with Gasteiger partial charge in [-0.25, -0.2) is 8.78 Å². The number of alkyl halides is 2. The Labute approximate surface area is 74.0 Å². The van der Waals surface area contributed by atoms with Gasteiger partial charge >= 0.3 is 0 Å². The van der Waals surface area contributed by atoms with Crippen LogP contribution in [0.25, 0.3) is 10.8 Å². The molecule has 0 aliphatic heterocycles. The fourth-order valence-electron chi connectivity index (χ4n) is 1.24. The molecule has 0 radical (unpaired) electrons. The number of hydrogen-bond donors (Lipinski definition) is 0. The Hall–Kier alpha value is -1.51. The van der Waals surface area contributed by atoms with Crippen LogP contribution < -0.4 is 0 Å². The van der Waals surface area contributed by atoms with Gasteiger partial charge in [-0.2, -0.15) is 0 Å². The van der Waals surface area contributed by atoms with E-state index in [1.165, 1.54) is 12.1 Å². The van der Waals surface area contributed by atoms with Gasteiger partial charge in [0.1, 0.15) is 0 Å². The summed E-state index contributed by atoms with van der Waals surface area (Å²) in [5, 5.41) is 1.68. The number of hydrogen-bond acceptors (Lipinski definition) is 1. The van der Waals surface area contributed by atoms with Gasteiger partial charge in [-0.15, -0.1) is 0 Å². The first-order chi connectivity index (χ1) is 6.27. The van der Waals surface area contributed by atoms with E-state index in [0.29, 0.717) is 0 Å². The minimum Gasteiger partial charge on any atom is -0.264 e. The van der Waals surface area contributed by atoms with E-state index in [0.717, 1.165) is 10.8 Å². The van der Waals surface area contributed by atoms with Crippen molar-refractivity contribution >= 4 is 10.8 Å². The molecule has 0 atom stereocenters. The molecule has 1 aromatic carbocycles. The molecule has 0 N–H and O–H groups in total. The van der Waals surface area contributed by atoms with Crippen LogP contribution in [0.2, 0.25) is 0 Å². The number of aromatic nitrogens is 1. The van der Waals surface area contributed by atoms with Crippen molar-refractivity contribution in [2.24, 2.45) is 0 Å². The highest BCUT2D eigenvalue weighted by Gasteiger charge is 2.06. The van der Waals surface area contributed by atoms with Crippen molar-refractivity contribution in [3.05, 3.63) is 42.2 Å². The number of pyridine rings is 1. The predicted octanol–water partition coefficient (Wildman–Crippen LogP) is 3.17. The highest BCUT2D eigenvalue weighted by Crippen LogP contribution is 2.22. The summed E-state index contributed by atoms with van der Waals surface area (Å²) >= 11 is 0. The summed E-state index contributed by atoms with van der Waals surface area (Å²) < 4.78 is 24.6. The molecule has 0 fully saturated rings. The second kappa shape index (κ2) is 3.09. The maximum atomic E-state index is 12.3. The summed E-state index contributed by atoms with van der Waals surface area (Å²) in [6.07, 6.45) is 0.847. The van der Waals surface area contributed by atoms with Gasteiger partial charge in [-0.05, 0) is 17.5 Å². The minimum atomic E-state index is -2.41. The van der Waals surface area contributed by atoms with Crippen LogP contribution in [-0.2, 0) is 0 Å². The van der Waals surface area contributed by atoms with Crippen molar-refractivity contribution in [2.75, 3.05) is 0 Å². The third-order valence-electron chi connectivity index (χ3n) is 1.92. The maximum absolute atomic E-state index is 12.3. The molecule has 0 aliphatic carbocycles. The molecule has 0 amide bonds. The van der Waals surface area contributed by atoms with Crippen LogP contribution in [-0.4, -0.2) is 4.98 Å². The number of halogens is 2. The van der Waals surface area contributed by atoms with Crippen LogP contribution in [0, 0.1) is 0 Å². The highest BCUT2D eigenvalue weighted by atomic mass is 19.3. The number of nitrogens with zero attached hydrogens (tertiary/aromatic N) is 1. The molecule has 2 aromatic rings. The van der Waals surface area contributed by atoms with Gasteiger partial charge in [0.25, 0.3) is 6.43 Å². The standard InChI is InChI=1S/C10H7F2N/c11-10(12)8-1-2-9-6-13-4-3-7(9)5-8/h1-6,10H. The molecule has 0 saturated carbocycles. The van der Waals surface area contributed by atoms with Gasteiger partial charge in [0.05, 0.1) is 0 Å². The molecule has 13 heavy (non-hydrogen) atoms. The SMILES string of the molecule is FC(F)c1ccc2cnccc2c1. The van der Waals surface area contributed by atoms with Crippen LogP contribution in [0.4, 0.5) is 8.78 Å². The highest BCUT2D eigenvalue weighted by molar-refractivity contribution is 5.82. The van der Waals surface area contributed by atoms with E-state index < -0.39 is 6.43 Å². The van der Waals surface area contributed by atoms with Gasteiger partial charge in [0.2, 0.25) is 0 Å². The van der Waals surface area contributed by atoms with Crippen molar-refractivity contribution in [2.45, 2.75) is 6.43 Å². The minimum absolute atomic E-state index is 0.0544. The summed E-state index contributed by atoms with van der Waals surface area (Å²) in [5.41, 5.74) is 0.0544. The second-order valence-electron chi connectivity index (χ2n) is 2.78. The summed E-state index contributed by atoms with van der Waals surface area (Å²) in [5.74, 6) is 0. The number of fused-ring (bicyclic) bond motifs is 1. The Kier molecular flexibility index (Phi) is 1.93. The van der Waals surface area contributed by atoms with Gasteiger partial charge in [0.15, 0.2) is 0 Å². The van der Waals surface area contributed by atoms with Crippen molar-refractivity contribution < 1.29 is 8.78 Å². The monoisotopic (exact) mass is 179 g/mol. The Morgan fingerprint density at radius 2 is 1.92 bits per heavy atom. The summed E-state index contributed by atoms with van der Waals surface area (Å²) in [6, 6.07) is 6.29. The molecular weight excluding hydrogens is 172 g/mol. The van der Waals surface area contributed by atoms with Gasteiger partial charge in [0, 0.05) is 23.3 Å². The second-order valence-corrected chi connectivity index (χ2v) is 2.78. The molecular formula is C10H7F2N. The van der Waals surface area contributed by atoms with E-state index in [9.17, 15) is 8.78 Å². The summed E-state index contributed by atoms with van der Waals surface area (Å²) in [6.45, 7) is 0. The lowest BCUT2D eigenvalue weighted by atomic mass is 10.1. The summed E-state index contributed by atoms with van der Waals surface area (Å²) in [4.78, 5) is 3.90. The molecule has 2 rings (SSSR count). The molecule has 0 bridgehead atoms. The van der Waals surface area contributed by atoms with Crippen LogP contribution in [0.1, 0.15) is 12.0 Å². The Bertz CT molecular complexity index is 426. The number of benzene rings is 1. The van der Waals surface area contributed by atoms with E-state index >= 15 is 0 Å². The lowest BCUT2D eigenvalue weighted by molar-refractivity contribution is 0.151. The van der Waals surface area contributed by atoms with E-state index in [1.54, 1.807) is 24.5 Å². The Balaban J connectivity index is 2.62. The van der Waals surface area contributed by atoms with E-state index in [2.05, 4.69) is 4.98 Å². The average Bonchev–Trinajstić information content (AvgIpc) is 2.17. The fourth-order valence-corrected chi connectivity index (χ4v) is 1.24. The number of rotatable bonds is 1. The molecule has 1 heterocycles. The van der Waals surface area contributed by atoms with Crippen molar-refractivity contribution in [3.8, 4) is 0 Å². The molecule has 3 heteroatoms. The lowest BCUT2D eigenvalue weighted by Crippen LogP contribution is -1.83. The normalized spacial score (nSPS) is 11.0. The topological polar surface area (TPSA) is 12.9 Å². The van der Waals surface area contributed by atoms with Crippen molar-refractivity contribution in [1.29, 1.82) is 0 Å². The molecule has 0 spiro atoms. The zero-order valence-corrected chi connectivity index (χ0v) is 6.74. The maximum Gasteiger partial charge on any atom is 0.263 e. The first kappa shape index (κ1) is 8.10. The Morgan fingerprint density at radius 3 is 2.69 bits per heavy atom. The molecule has 0 saturated heterocycles. The van der Waals surface area contributed by atoms with Crippen LogP contribution in [0.5, 0.6) is 0 Å². The third kappa shape index (κ3) is 1.49. The molecule has 1 nitrogen and oxygen atoms in total. The first-order valence-electron chi connectivity index (χ1n) is 3.89. The Morgan fingerprint density at radius 1 is 1.08 bits per heavy atom. The third-order valence-corrected chi connectivity index (χ3v) is 1.92. The van der Waals surface area contributed by atoms with E-state index in [1.807, 2.05) is 0 Å². The van der Waals surface area contributed by atoms with Gasteiger partial charge in [-0.1, -0.05) is 12.1 Å². The van der Waals surface area contributed by atoms with Gasteiger partial charge in [-0.3, -0.25) is 4.98 Å². The molecule has 0 aliphatic rings. The molecule has 1 aromatic heterocycles. The van der Waals surface area contributed by atoms with Crippen LogP contribution >= 0.6 is 0 Å². The smallest absolute Gasteiger partial charge is 0.263 e. The van der Waals surface area contributed by atoms with E-state index in [-0.39, 0.29) is 5.56 Å². The average molecular weight is 179 g/mol. The van der Waals surface area contributed by atoms with Crippen molar-refractivity contribution in [1.82, 2.24) is 4.98 Å². The van der Waals surface area contributed by atoms with Gasteiger partial charge < -0.3 is 0 Å². The van der Waals surface area contributed by atoms with Crippen molar-refractivity contribution in [3.63, 3.8) is 0 Å². The quantitative estimate of drug-likeness (QED) is 0.655. The zero-order chi connectivity index (χ0) is 9.26. The zero-order valence-electron chi connectivity index (χ0n) is 6.74. The predicted molar refractivity (Wildman–Crippen MR) is 46.7 cm³/mol. The fraction of sp³-hybridized carbons (Fsp3) is 0.100.